The summed E-state index contributed by atoms with van der Waals surface area (Å²) in [5.74, 6) is 0.00473. The third-order valence-corrected chi connectivity index (χ3v) is 2.96. The zero-order chi connectivity index (χ0) is 15.7. The van der Waals surface area contributed by atoms with E-state index in [1.807, 2.05) is 0 Å². The van der Waals surface area contributed by atoms with E-state index in [2.05, 4.69) is 43.3 Å². The smallest absolute Gasteiger partial charge is 0.169 e. The average Bonchev–Trinajstić information content (AvgIpc) is 2.42. The second-order valence-corrected chi connectivity index (χ2v) is 6.13. The van der Waals surface area contributed by atoms with Crippen molar-refractivity contribution in [2.45, 2.75) is 52.6 Å². The average molecular weight is 297 g/mol. The van der Waals surface area contributed by atoms with Crippen molar-refractivity contribution in [3.63, 3.8) is 0 Å². The largest absolute Gasteiger partial charge is 0.380 e. The third-order valence-electron chi connectivity index (χ3n) is 2.96. The maximum atomic E-state index is 14.3. The Morgan fingerprint density at radius 3 is 2.71 bits per heavy atom. The lowest BCUT2D eigenvalue weighted by atomic mass is 10.1. The summed E-state index contributed by atoms with van der Waals surface area (Å²) < 4.78 is 19.7. The maximum Gasteiger partial charge on any atom is 0.169 e. The van der Waals surface area contributed by atoms with Gasteiger partial charge in [0.05, 0.1) is 6.61 Å². The molecule has 1 aromatic heterocycles. The van der Waals surface area contributed by atoms with Crippen molar-refractivity contribution >= 4 is 5.82 Å². The molecule has 120 valence electrons. The lowest BCUT2D eigenvalue weighted by Gasteiger charge is -2.21. The number of nitrogens with zero attached hydrogens (tertiary/aromatic N) is 1. The lowest BCUT2D eigenvalue weighted by molar-refractivity contribution is 0.141. The summed E-state index contributed by atoms with van der Waals surface area (Å²) in [6.07, 6.45) is 3.80. The topological polar surface area (TPSA) is 46.2 Å². The van der Waals surface area contributed by atoms with E-state index in [9.17, 15) is 4.39 Å². The fourth-order valence-electron chi connectivity index (χ4n) is 1.69. The van der Waals surface area contributed by atoms with Crippen molar-refractivity contribution in [1.29, 1.82) is 0 Å². The maximum absolute atomic E-state index is 14.3. The molecule has 21 heavy (non-hydrogen) atoms. The summed E-state index contributed by atoms with van der Waals surface area (Å²) >= 11 is 0. The minimum absolute atomic E-state index is 0.0452. The summed E-state index contributed by atoms with van der Waals surface area (Å²) in [6.45, 7) is 10.6. The number of rotatable bonds is 9. The van der Waals surface area contributed by atoms with Crippen molar-refractivity contribution in [1.82, 2.24) is 10.3 Å². The zero-order valence-corrected chi connectivity index (χ0v) is 13.6. The molecule has 2 N–H and O–H groups in total. The Labute approximate surface area is 127 Å². The number of hydrogen-bond acceptors (Lipinski definition) is 4. The number of nitrogens with one attached hydrogen (secondary N) is 2. The van der Waals surface area contributed by atoms with E-state index in [-0.39, 0.29) is 11.4 Å². The van der Waals surface area contributed by atoms with Gasteiger partial charge in [0.25, 0.3) is 0 Å². The van der Waals surface area contributed by atoms with E-state index in [0.717, 1.165) is 19.4 Å². The summed E-state index contributed by atoms with van der Waals surface area (Å²) in [5, 5.41) is 6.26. The first-order chi connectivity index (χ1) is 9.94. The van der Waals surface area contributed by atoms with Crippen LogP contribution < -0.4 is 10.6 Å². The lowest BCUT2D eigenvalue weighted by Crippen LogP contribution is -2.35. The van der Waals surface area contributed by atoms with Gasteiger partial charge in [-0.15, -0.1) is 0 Å². The van der Waals surface area contributed by atoms with Gasteiger partial charge >= 0.3 is 0 Å². The Kier molecular flexibility index (Phi) is 7.61. The van der Waals surface area contributed by atoms with Crippen LogP contribution in [0.4, 0.5) is 10.2 Å². The molecule has 0 radical (unpaired) electrons. The molecule has 4 nitrogen and oxygen atoms in total. The highest BCUT2D eigenvalue weighted by Crippen LogP contribution is 2.15. The second-order valence-electron chi connectivity index (χ2n) is 6.13. The van der Waals surface area contributed by atoms with E-state index < -0.39 is 0 Å². The molecule has 1 heterocycles. The molecule has 0 aliphatic heterocycles. The first-order valence-corrected chi connectivity index (χ1v) is 7.64. The molecule has 0 spiro atoms. The van der Waals surface area contributed by atoms with Gasteiger partial charge < -0.3 is 15.4 Å². The van der Waals surface area contributed by atoms with Crippen molar-refractivity contribution in [3.8, 4) is 0 Å². The van der Waals surface area contributed by atoms with E-state index in [4.69, 9.17) is 4.74 Å². The predicted molar refractivity (Wildman–Crippen MR) is 85.0 cm³/mol. The van der Waals surface area contributed by atoms with E-state index in [0.29, 0.717) is 31.1 Å². The molecule has 0 unspecified atom stereocenters. The number of halogens is 1. The van der Waals surface area contributed by atoms with Crippen LogP contribution in [-0.4, -0.2) is 30.3 Å². The van der Waals surface area contributed by atoms with Crippen LogP contribution in [0.15, 0.2) is 12.3 Å². The molecule has 5 heteroatoms. The van der Waals surface area contributed by atoms with Crippen LogP contribution in [0.5, 0.6) is 0 Å². The van der Waals surface area contributed by atoms with Gasteiger partial charge in [0.1, 0.15) is 0 Å². The van der Waals surface area contributed by atoms with Gasteiger partial charge in [-0.05, 0) is 33.3 Å². The normalized spacial score (nSPS) is 11.7. The molecular weight excluding hydrogens is 269 g/mol. The minimum Gasteiger partial charge on any atom is -0.380 e. The quantitative estimate of drug-likeness (QED) is 0.686. The van der Waals surface area contributed by atoms with Crippen LogP contribution in [0.3, 0.4) is 0 Å². The van der Waals surface area contributed by atoms with Crippen molar-refractivity contribution in [2.24, 2.45) is 0 Å². The van der Waals surface area contributed by atoms with Gasteiger partial charge in [0.15, 0.2) is 11.6 Å². The number of pyridine rings is 1. The van der Waals surface area contributed by atoms with Gasteiger partial charge in [0, 0.05) is 37.0 Å². The highest BCUT2D eigenvalue weighted by Gasteiger charge is 2.13. The zero-order valence-electron chi connectivity index (χ0n) is 13.6. The minimum atomic E-state index is -0.289. The summed E-state index contributed by atoms with van der Waals surface area (Å²) in [4.78, 5) is 4.05. The van der Waals surface area contributed by atoms with Crippen LogP contribution in [0, 0.1) is 5.82 Å². The number of anilines is 1. The van der Waals surface area contributed by atoms with E-state index >= 15 is 0 Å². The highest BCUT2D eigenvalue weighted by molar-refractivity contribution is 5.39. The number of ether oxygens (including phenoxy) is 1. The molecule has 0 aromatic carbocycles. The summed E-state index contributed by atoms with van der Waals surface area (Å²) in [7, 11) is 0. The Balaban J connectivity index is 2.44. The van der Waals surface area contributed by atoms with Crippen LogP contribution in [-0.2, 0) is 11.3 Å². The van der Waals surface area contributed by atoms with E-state index in [1.54, 1.807) is 12.3 Å². The van der Waals surface area contributed by atoms with Crippen LogP contribution in [0.2, 0.25) is 0 Å². The van der Waals surface area contributed by atoms with Crippen molar-refractivity contribution in [2.75, 3.05) is 25.1 Å². The van der Waals surface area contributed by atoms with Crippen LogP contribution in [0.1, 0.15) is 46.1 Å². The first kappa shape index (κ1) is 17.9. The van der Waals surface area contributed by atoms with Crippen molar-refractivity contribution in [3.05, 3.63) is 23.6 Å². The first-order valence-electron chi connectivity index (χ1n) is 7.64. The molecule has 0 aliphatic rings. The van der Waals surface area contributed by atoms with Gasteiger partial charge in [-0.2, -0.15) is 0 Å². The molecule has 0 bridgehead atoms. The molecule has 0 atom stereocenters. The van der Waals surface area contributed by atoms with Gasteiger partial charge in [-0.1, -0.05) is 13.3 Å². The highest BCUT2D eigenvalue weighted by atomic mass is 19.1. The Bertz CT molecular complexity index is 418. The number of aromatic nitrogens is 1. The monoisotopic (exact) mass is 297 g/mol. The van der Waals surface area contributed by atoms with Gasteiger partial charge in [-0.25, -0.2) is 9.37 Å². The number of hydrogen-bond donors (Lipinski definition) is 2. The van der Waals surface area contributed by atoms with Gasteiger partial charge in [0.2, 0.25) is 0 Å². The molecule has 1 aromatic rings. The second kappa shape index (κ2) is 8.95. The Hall–Kier alpha value is -1.20. The molecular formula is C16H28FN3O. The fourth-order valence-corrected chi connectivity index (χ4v) is 1.69. The van der Waals surface area contributed by atoms with Gasteiger partial charge in [-0.3, -0.25) is 0 Å². The molecule has 0 amide bonds. The van der Waals surface area contributed by atoms with Crippen molar-refractivity contribution < 1.29 is 9.13 Å². The third kappa shape index (κ3) is 7.39. The molecule has 0 fully saturated rings. The molecule has 1 rings (SSSR count). The Morgan fingerprint density at radius 1 is 1.29 bits per heavy atom. The summed E-state index contributed by atoms with van der Waals surface area (Å²) in [6, 6.07) is 1.71. The fraction of sp³-hybridized carbons (Fsp3) is 0.688. The standard InChI is InChI=1S/C16H28FN3O/c1-5-6-10-21-11-9-19-15-14(17)13(7-8-18-15)12-20-16(2,3)4/h7-8,20H,5-6,9-12H2,1-4H3,(H,18,19). The van der Waals surface area contributed by atoms with Crippen LogP contribution in [0.25, 0.3) is 0 Å². The SMILES string of the molecule is CCCCOCCNc1nccc(CNC(C)(C)C)c1F. The number of unbranched alkanes of at least 4 members (excludes halogenated alkanes) is 1. The Morgan fingerprint density at radius 2 is 2.05 bits per heavy atom. The molecule has 0 saturated carbocycles. The molecule has 0 saturated heterocycles. The van der Waals surface area contributed by atoms with Crippen LogP contribution >= 0.6 is 0 Å². The van der Waals surface area contributed by atoms with E-state index in [1.165, 1.54) is 0 Å². The summed E-state index contributed by atoms with van der Waals surface area (Å²) in [5.41, 5.74) is 0.575. The molecule has 0 aliphatic carbocycles. The predicted octanol–water partition coefficient (Wildman–Crippen LogP) is 3.34.